The van der Waals surface area contributed by atoms with Gasteiger partial charge in [-0.05, 0) is 44.6 Å². The Kier molecular flexibility index (Phi) is 10.9. The second-order valence-corrected chi connectivity index (χ2v) is 8.66. The van der Waals surface area contributed by atoms with Gasteiger partial charge in [-0.3, -0.25) is 4.99 Å². The molecule has 1 aromatic carbocycles. The number of rotatable bonds is 8. The van der Waals surface area contributed by atoms with E-state index in [1.807, 2.05) is 7.05 Å². The number of guanidine groups is 1. The van der Waals surface area contributed by atoms with Crippen LogP contribution < -0.4 is 5.32 Å². The van der Waals surface area contributed by atoms with E-state index < -0.39 is 0 Å². The lowest BCUT2D eigenvalue weighted by Crippen LogP contribution is -2.50. The van der Waals surface area contributed by atoms with Crippen LogP contribution in [0.2, 0.25) is 0 Å². The van der Waals surface area contributed by atoms with Crippen molar-refractivity contribution < 1.29 is 9.47 Å². The summed E-state index contributed by atoms with van der Waals surface area (Å²) in [5.41, 5.74) is 3.08. The van der Waals surface area contributed by atoms with E-state index >= 15 is 0 Å². The predicted molar refractivity (Wildman–Crippen MR) is 135 cm³/mol. The van der Waals surface area contributed by atoms with Crippen LogP contribution in [0, 0.1) is 6.92 Å². The molecule has 5 nitrogen and oxygen atoms in total. The van der Waals surface area contributed by atoms with E-state index in [0.717, 1.165) is 58.1 Å². The lowest BCUT2D eigenvalue weighted by Gasteiger charge is -2.36. The van der Waals surface area contributed by atoms with Crippen molar-refractivity contribution in [2.24, 2.45) is 4.99 Å². The molecule has 0 radical (unpaired) electrons. The summed E-state index contributed by atoms with van der Waals surface area (Å²) in [6.45, 7) is 6.75. The van der Waals surface area contributed by atoms with Gasteiger partial charge < -0.3 is 19.7 Å². The summed E-state index contributed by atoms with van der Waals surface area (Å²) in [4.78, 5) is 7.00. The molecule has 1 aliphatic carbocycles. The number of nitrogens with zero attached hydrogens (tertiary/aromatic N) is 2. The molecule has 0 spiro atoms. The molecule has 2 fully saturated rings. The molecule has 30 heavy (non-hydrogen) atoms. The van der Waals surface area contributed by atoms with Gasteiger partial charge in [0, 0.05) is 52.4 Å². The van der Waals surface area contributed by atoms with Crippen LogP contribution in [-0.2, 0) is 14.9 Å². The fourth-order valence-corrected chi connectivity index (χ4v) is 4.86. The van der Waals surface area contributed by atoms with Gasteiger partial charge in [-0.1, -0.05) is 42.7 Å². The van der Waals surface area contributed by atoms with E-state index in [-0.39, 0.29) is 29.4 Å². The predicted octanol–water partition coefficient (Wildman–Crippen LogP) is 4.52. The van der Waals surface area contributed by atoms with Crippen molar-refractivity contribution in [1.82, 2.24) is 10.2 Å². The quantitative estimate of drug-likeness (QED) is 0.233. The van der Waals surface area contributed by atoms with E-state index in [0.29, 0.717) is 6.10 Å². The van der Waals surface area contributed by atoms with Gasteiger partial charge in [0.15, 0.2) is 5.96 Å². The normalized spacial score (nSPS) is 19.6. The molecule has 6 heteroatoms. The van der Waals surface area contributed by atoms with Crippen LogP contribution in [0.3, 0.4) is 0 Å². The number of ether oxygens (including phenoxy) is 2. The molecule has 1 saturated carbocycles. The zero-order valence-corrected chi connectivity index (χ0v) is 21.3. The van der Waals surface area contributed by atoms with Crippen LogP contribution in [0.15, 0.2) is 29.3 Å². The first-order chi connectivity index (χ1) is 14.2. The molecule has 0 aromatic heterocycles. The molecular weight excluding hydrogens is 489 g/mol. The summed E-state index contributed by atoms with van der Waals surface area (Å²) >= 11 is 0. The summed E-state index contributed by atoms with van der Waals surface area (Å²) in [6, 6.07) is 9.09. The van der Waals surface area contributed by atoms with Crippen LogP contribution in [0.25, 0.3) is 0 Å². The summed E-state index contributed by atoms with van der Waals surface area (Å²) < 4.78 is 11.1. The maximum atomic E-state index is 6.01. The molecule has 0 bridgehead atoms. The number of aryl methyl sites for hydroxylation is 1. The average Bonchev–Trinajstić information content (AvgIpc) is 3.23. The van der Waals surface area contributed by atoms with E-state index in [9.17, 15) is 0 Å². The van der Waals surface area contributed by atoms with Crippen molar-refractivity contribution in [3.8, 4) is 0 Å². The fraction of sp³-hybridized carbons (Fsp3) is 0.708. The highest BCUT2D eigenvalue weighted by Gasteiger charge is 2.36. The second-order valence-electron chi connectivity index (χ2n) is 8.66. The zero-order valence-electron chi connectivity index (χ0n) is 19.0. The number of benzene rings is 1. The minimum absolute atomic E-state index is 0. The second kappa shape index (κ2) is 12.9. The molecule has 170 valence electrons. The molecule has 1 aliphatic heterocycles. The maximum Gasteiger partial charge on any atom is 0.193 e. The van der Waals surface area contributed by atoms with Gasteiger partial charge in [0.05, 0.1) is 6.10 Å². The van der Waals surface area contributed by atoms with Crippen LogP contribution in [0.4, 0.5) is 0 Å². The Bertz CT molecular complexity index is 654. The monoisotopic (exact) mass is 529 g/mol. The number of nitrogens with one attached hydrogen (secondary N) is 1. The number of piperidine rings is 1. The Morgan fingerprint density at radius 2 is 1.93 bits per heavy atom. The van der Waals surface area contributed by atoms with Crippen molar-refractivity contribution in [2.45, 2.75) is 63.4 Å². The summed E-state index contributed by atoms with van der Waals surface area (Å²) in [6.07, 6.45) is 8.64. The standard InChI is InChI=1S/C24H39N3O2.HI/c1-20-8-6-9-21(18-20)24(12-4-5-13-24)19-26-23(25-2)27-14-10-22(11-15-27)29-17-7-16-28-3;/h6,8-9,18,22H,4-5,7,10-17,19H2,1-3H3,(H,25,26);1H. The minimum Gasteiger partial charge on any atom is -0.385 e. The van der Waals surface area contributed by atoms with E-state index in [4.69, 9.17) is 9.47 Å². The number of halogens is 1. The van der Waals surface area contributed by atoms with Crippen LogP contribution in [0.5, 0.6) is 0 Å². The van der Waals surface area contributed by atoms with Gasteiger partial charge in [0.25, 0.3) is 0 Å². The molecule has 1 aromatic rings. The van der Waals surface area contributed by atoms with E-state index in [2.05, 4.69) is 46.4 Å². The third-order valence-corrected chi connectivity index (χ3v) is 6.58. The Hall–Kier alpha value is -0.860. The Morgan fingerprint density at radius 1 is 1.20 bits per heavy atom. The highest BCUT2D eigenvalue weighted by atomic mass is 127. The van der Waals surface area contributed by atoms with Gasteiger partial charge in [0.2, 0.25) is 0 Å². The number of methoxy groups -OCH3 is 1. The molecule has 1 heterocycles. The Morgan fingerprint density at radius 3 is 2.57 bits per heavy atom. The molecule has 0 amide bonds. The molecular formula is C24H40IN3O2. The first-order valence-corrected chi connectivity index (χ1v) is 11.3. The lowest BCUT2D eigenvalue weighted by atomic mass is 9.78. The third kappa shape index (κ3) is 6.82. The first kappa shape index (κ1) is 25.4. The highest BCUT2D eigenvalue weighted by molar-refractivity contribution is 14.0. The summed E-state index contributed by atoms with van der Waals surface area (Å²) in [7, 11) is 3.65. The molecule has 3 rings (SSSR count). The largest absolute Gasteiger partial charge is 0.385 e. The van der Waals surface area contributed by atoms with Crippen LogP contribution in [-0.4, -0.2) is 64.0 Å². The number of hydrogen-bond acceptors (Lipinski definition) is 3. The highest BCUT2D eigenvalue weighted by Crippen LogP contribution is 2.40. The van der Waals surface area contributed by atoms with Gasteiger partial charge in [0.1, 0.15) is 0 Å². The molecule has 1 N–H and O–H groups in total. The maximum absolute atomic E-state index is 6.01. The van der Waals surface area contributed by atoms with E-state index in [1.54, 1.807) is 7.11 Å². The van der Waals surface area contributed by atoms with Crippen molar-refractivity contribution >= 4 is 29.9 Å². The van der Waals surface area contributed by atoms with Crippen molar-refractivity contribution in [1.29, 1.82) is 0 Å². The zero-order chi connectivity index (χ0) is 20.5. The smallest absolute Gasteiger partial charge is 0.193 e. The summed E-state index contributed by atoms with van der Waals surface area (Å²) in [5.74, 6) is 1.04. The lowest BCUT2D eigenvalue weighted by molar-refractivity contribution is 0.00987. The molecule has 1 saturated heterocycles. The third-order valence-electron chi connectivity index (χ3n) is 6.58. The molecule has 2 aliphatic rings. The van der Waals surface area contributed by atoms with Crippen molar-refractivity contribution in [3.05, 3.63) is 35.4 Å². The van der Waals surface area contributed by atoms with Gasteiger partial charge in [-0.15, -0.1) is 24.0 Å². The van der Waals surface area contributed by atoms with E-state index in [1.165, 1.54) is 36.8 Å². The number of aliphatic imine (C=N–C) groups is 1. The Labute approximate surface area is 200 Å². The van der Waals surface area contributed by atoms with Crippen molar-refractivity contribution in [2.75, 3.05) is 47.0 Å². The Balaban J connectivity index is 0.00000320. The summed E-state index contributed by atoms with van der Waals surface area (Å²) in [5, 5.41) is 3.73. The number of likely N-dealkylation sites (tertiary alicyclic amines) is 1. The number of hydrogen-bond donors (Lipinski definition) is 1. The molecule has 0 atom stereocenters. The van der Waals surface area contributed by atoms with Gasteiger partial charge in [-0.25, -0.2) is 0 Å². The van der Waals surface area contributed by atoms with Gasteiger partial charge in [-0.2, -0.15) is 0 Å². The topological polar surface area (TPSA) is 46.1 Å². The fourth-order valence-electron chi connectivity index (χ4n) is 4.86. The average molecular weight is 530 g/mol. The first-order valence-electron chi connectivity index (χ1n) is 11.3. The van der Waals surface area contributed by atoms with Crippen LogP contribution >= 0.6 is 24.0 Å². The van der Waals surface area contributed by atoms with Crippen molar-refractivity contribution in [3.63, 3.8) is 0 Å². The molecule has 0 unspecified atom stereocenters. The van der Waals surface area contributed by atoms with Gasteiger partial charge >= 0.3 is 0 Å². The minimum atomic E-state index is 0. The SMILES string of the molecule is CN=C(NCC1(c2cccc(C)c2)CCCC1)N1CCC(OCCCOC)CC1.I. The van der Waals surface area contributed by atoms with Crippen LogP contribution in [0.1, 0.15) is 56.1 Å².